The number of hydrogen-bond acceptors (Lipinski definition) is 5. The summed E-state index contributed by atoms with van der Waals surface area (Å²) >= 11 is 0. The van der Waals surface area contributed by atoms with Crippen molar-refractivity contribution in [3.8, 4) is 17.0 Å². The highest BCUT2D eigenvalue weighted by Crippen LogP contribution is 2.41. The van der Waals surface area contributed by atoms with E-state index in [2.05, 4.69) is 26.7 Å². The van der Waals surface area contributed by atoms with E-state index in [1.54, 1.807) is 12.1 Å². The molecule has 3 aromatic rings. The van der Waals surface area contributed by atoms with Gasteiger partial charge in [0.1, 0.15) is 5.75 Å². The summed E-state index contributed by atoms with van der Waals surface area (Å²) in [5, 5.41) is 20.1. The van der Waals surface area contributed by atoms with Crippen LogP contribution >= 0.6 is 0 Å². The van der Waals surface area contributed by atoms with E-state index in [0.29, 0.717) is 24.3 Å². The first-order valence-electron chi connectivity index (χ1n) is 10.5. The van der Waals surface area contributed by atoms with Crippen LogP contribution in [0.3, 0.4) is 0 Å². The third-order valence-corrected chi connectivity index (χ3v) is 6.19. The number of aromatic nitrogens is 3. The topological polar surface area (TPSA) is 85.3 Å². The predicted octanol–water partition coefficient (Wildman–Crippen LogP) is 3.43. The molecule has 0 saturated carbocycles. The van der Waals surface area contributed by atoms with Gasteiger partial charge in [-0.3, -0.25) is 4.79 Å². The van der Waals surface area contributed by atoms with Crippen LogP contribution in [0.15, 0.2) is 43.0 Å². The Hall–Kier alpha value is -3.35. The van der Waals surface area contributed by atoms with Gasteiger partial charge >= 0.3 is 0 Å². The SMILES string of the molecule is C=CC(=O)N1CC(c2[nH]c3nnc(-c4ccccc4O)cc3c2N2CCCCC2)C1. The Balaban J connectivity index is 1.58. The number of aromatic hydroxyl groups is 1. The van der Waals surface area contributed by atoms with Crippen LogP contribution in [-0.4, -0.2) is 57.3 Å². The molecule has 0 aliphatic carbocycles. The number of likely N-dealkylation sites (tertiary alicyclic amines) is 1. The molecule has 2 aliphatic heterocycles. The summed E-state index contributed by atoms with van der Waals surface area (Å²) < 4.78 is 0. The lowest BCUT2D eigenvalue weighted by Gasteiger charge is -2.40. The summed E-state index contributed by atoms with van der Waals surface area (Å²) in [5.41, 5.74) is 4.38. The second-order valence-electron chi connectivity index (χ2n) is 8.09. The molecule has 0 unspecified atom stereocenters. The predicted molar refractivity (Wildman–Crippen MR) is 117 cm³/mol. The smallest absolute Gasteiger partial charge is 0.245 e. The van der Waals surface area contributed by atoms with Gasteiger partial charge in [-0.1, -0.05) is 18.7 Å². The average Bonchev–Trinajstić information content (AvgIpc) is 3.11. The Morgan fingerprint density at radius 3 is 2.67 bits per heavy atom. The summed E-state index contributed by atoms with van der Waals surface area (Å²) in [6.45, 7) is 6.96. The van der Waals surface area contributed by atoms with Gasteiger partial charge in [-0.2, -0.15) is 0 Å². The maximum Gasteiger partial charge on any atom is 0.245 e. The van der Waals surface area contributed by atoms with Crippen LogP contribution in [0.25, 0.3) is 22.3 Å². The maximum absolute atomic E-state index is 11.9. The van der Waals surface area contributed by atoms with Crippen molar-refractivity contribution in [3.05, 3.63) is 48.7 Å². The Kier molecular flexibility index (Phi) is 4.65. The summed E-state index contributed by atoms with van der Waals surface area (Å²) in [6, 6.07) is 9.21. The Labute approximate surface area is 175 Å². The summed E-state index contributed by atoms with van der Waals surface area (Å²) in [4.78, 5) is 19.6. The lowest BCUT2D eigenvalue weighted by atomic mass is 9.94. The molecule has 4 heterocycles. The van der Waals surface area contributed by atoms with Crippen LogP contribution in [0, 0.1) is 0 Å². The number of carbonyl (C=O) groups is 1. The zero-order valence-corrected chi connectivity index (χ0v) is 16.8. The molecule has 2 fully saturated rings. The van der Waals surface area contributed by atoms with Gasteiger partial charge in [0, 0.05) is 48.7 Å². The van der Waals surface area contributed by atoms with Crippen LogP contribution in [-0.2, 0) is 4.79 Å². The Morgan fingerprint density at radius 2 is 1.93 bits per heavy atom. The molecule has 2 saturated heterocycles. The zero-order valence-electron chi connectivity index (χ0n) is 16.8. The molecule has 0 radical (unpaired) electrons. The number of nitrogens with zero attached hydrogens (tertiary/aromatic N) is 4. The van der Waals surface area contributed by atoms with E-state index in [4.69, 9.17) is 0 Å². The molecule has 2 N–H and O–H groups in total. The molecule has 154 valence electrons. The molecule has 2 aliphatic rings. The lowest BCUT2D eigenvalue weighted by Crippen LogP contribution is -2.48. The van der Waals surface area contributed by atoms with E-state index in [-0.39, 0.29) is 17.6 Å². The molecule has 0 bridgehead atoms. The van der Waals surface area contributed by atoms with Crippen molar-refractivity contribution in [3.63, 3.8) is 0 Å². The number of carbonyl (C=O) groups excluding carboxylic acids is 1. The van der Waals surface area contributed by atoms with E-state index >= 15 is 0 Å². The number of para-hydroxylation sites is 1. The van der Waals surface area contributed by atoms with Crippen molar-refractivity contribution in [2.75, 3.05) is 31.1 Å². The van der Waals surface area contributed by atoms with E-state index in [0.717, 1.165) is 29.8 Å². The van der Waals surface area contributed by atoms with Crippen molar-refractivity contribution in [2.45, 2.75) is 25.2 Å². The van der Waals surface area contributed by atoms with Crippen molar-refractivity contribution in [1.82, 2.24) is 20.1 Å². The summed E-state index contributed by atoms with van der Waals surface area (Å²) in [7, 11) is 0. The zero-order chi connectivity index (χ0) is 20.7. The van der Waals surface area contributed by atoms with Crippen molar-refractivity contribution < 1.29 is 9.90 Å². The standard InChI is InChI=1S/C23H25N5O2/c1-2-20(30)28-13-15(14-28)21-22(27-10-6-3-7-11-27)17-12-18(25-26-23(17)24-21)16-8-4-5-9-19(16)29/h2,4-5,8-9,12,15,29H,1,3,6-7,10-11,13-14H2,(H,24,26). The number of hydrogen-bond donors (Lipinski definition) is 2. The fourth-order valence-electron chi connectivity index (χ4n) is 4.54. The minimum Gasteiger partial charge on any atom is -0.507 e. The second-order valence-corrected chi connectivity index (χ2v) is 8.09. The van der Waals surface area contributed by atoms with Gasteiger partial charge in [-0.25, -0.2) is 0 Å². The minimum atomic E-state index is -0.0245. The van der Waals surface area contributed by atoms with E-state index in [1.807, 2.05) is 23.1 Å². The number of benzene rings is 1. The third-order valence-electron chi connectivity index (χ3n) is 6.19. The van der Waals surface area contributed by atoms with E-state index in [9.17, 15) is 9.90 Å². The molecule has 5 rings (SSSR count). The number of fused-ring (bicyclic) bond motifs is 1. The average molecular weight is 403 g/mol. The molecular formula is C23H25N5O2. The molecule has 2 aromatic heterocycles. The summed E-state index contributed by atoms with van der Waals surface area (Å²) in [5.74, 6) is 0.413. The van der Waals surface area contributed by atoms with Crippen molar-refractivity contribution in [2.24, 2.45) is 0 Å². The second kappa shape index (κ2) is 7.48. The van der Waals surface area contributed by atoms with Gasteiger partial charge in [0.25, 0.3) is 0 Å². The first kappa shape index (κ1) is 18.7. The normalized spacial score (nSPS) is 17.2. The molecule has 1 aromatic carbocycles. The van der Waals surface area contributed by atoms with Crippen LogP contribution < -0.4 is 4.90 Å². The number of nitrogens with one attached hydrogen (secondary N) is 1. The molecule has 0 atom stereocenters. The van der Waals surface area contributed by atoms with Crippen LogP contribution in [0.2, 0.25) is 0 Å². The van der Waals surface area contributed by atoms with Gasteiger partial charge in [0.05, 0.1) is 11.4 Å². The van der Waals surface area contributed by atoms with Crippen LogP contribution in [0.4, 0.5) is 5.69 Å². The Bertz CT molecular complexity index is 1110. The van der Waals surface area contributed by atoms with E-state index < -0.39 is 0 Å². The number of piperidine rings is 1. The fourth-order valence-corrected chi connectivity index (χ4v) is 4.54. The number of phenolic OH excluding ortho intramolecular Hbond substituents is 1. The minimum absolute atomic E-state index is 0.0245. The molecular weight excluding hydrogens is 378 g/mol. The van der Waals surface area contributed by atoms with Crippen LogP contribution in [0.1, 0.15) is 30.9 Å². The monoisotopic (exact) mass is 403 g/mol. The number of amides is 1. The Morgan fingerprint density at radius 1 is 1.17 bits per heavy atom. The molecule has 0 spiro atoms. The maximum atomic E-state index is 11.9. The highest BCUT2D eigenvalue weighted by atomic mass is 16.3. The van der Waals surface area contributed by atoms with E-state index in [1.165, 1.54) is 31.0 Å². The van der Waals surface area contributed by atoms with Crippen molar-refractivity contribution >= 4 is 22.6 Å². The molecule has 30 heavy (non-hydrogen) atoms. The molecule has 7 nitrogen and oxygen atoms in total. The number of H-pyrrole nitrogens is 1. The lowest BCUT2D eigenvalue weighted by molar-refractivity contribution is -0.130. The number of anilines is 1. The fraction of sp³-hybridized carbons (Fsp3) is 0.348. The van der Waals surface area contributed by atoms with Gasteiger partial charge in [0.2, 0.25) is 5.91 Å². The largest absolute Gasteiger partial charge is 0.507 e. The summed E-state index contributed by atoms with van der Waals surface area (Å²) in [6.07, 6.45) is 4.96. The number of rotatable bonds is 4. The number of phenols is 1. The number of aromatic amines is 1. The first-order valence-corrected chi connectivity index (χ1v) is 10.5. The van der Waals surface area contributed by atoms with Gasteiger partial charge in [-0.05, 0) is 43.5 Å². The third kappa shape index (κ3) is 3.10. The van der Waals surface area contributed by atoms with Gasteiger partial charge in [0.15, 0.2) is 5.65 Å². The van der Waals surface area contributed by atoms with Crippen LogP contribution in [0.5, 0.6) is 5.75 Å². The highest BCUT2D eigenvalue weighted by Gasteiger charge is 2.35. The quantitative estimate of drug-likeness (QED) is 0.652. The van der Waals surface area contributed by atoms with Gasteiger partial charge < -0.3 is 19.9 Å². The molecule has 1 amide bonds. The first-order chi connectivity index (χ1) is 14.7. The van der Waals surface area contributed by atoms with Gasteiger partial charge in [-0.15, -0.1) is 10.2 Å². The van der Waals surface area contributed by atoms with Crippen molar-refractivity contribution in [1.29, 1.82) is 0 Å². The highest BCUT2D eigenvalue weighted by molar-refractivity contribution is 5.95. The molecule has 7 heteroatoms.